The topological polar surface area (TPSA) is 57.9 Å². The summed E-state index contributed by atoms with van der Waals surface area (Å²) < 4.78 is 5.22. The Labute approximate surface area is 103 Å². The number of ether oxygens (including phenoxy) is 1. The van der Waals surface area contributed by atoms with Crippen LogP contribution in [0.25, 0.3) is 0 Å². The summed E-state index contributed by atoms with van der Waals surface area (Å²) in [6.07, 6.45) is 1.84. The van der Waals surface area contributed by atoms with E-state index in [0.29, 0.717) is 5.75 Å². The Morgan fingerprint density at radius 3 is 3.18 bits per heavy atom. The number of anilines is 1. The molecule has 0 spiro atoms. The van der Waals surface area contributed by atoms with E-state index in [1.54, 1.807) is 11.3 Å². The van der Waals surface area contributed by atoms with Crippen molar-refractivity contribution in [3.8, 4) is 11.8 Å². The van der Waals surface area contributed by atoms with Gasteiger partial charge in [0.15, 0.2) is 6.61 Å². The minimum absolute atomic E-state index is 0.0678. The minimum atomic E-state index is 0.0678. The molecule has 4 nitrogen and oxygen atoms in total. The lowest BCUT2D eigenvalue weighted by Gasteiger charge is -2.07. The number of nitriles is 1. The Morgan fingerprint density at radius 2 is 2.41 bits per heavy atom. The van der Waals surface area contributed by atoms with Gasteiger partial charge in [0.25, 0.3) is 0 Å². The summed E-state index contributed by atoms with van der Waals surface area (Å²) in [6.45, 7) is 0.810. The lowest BCUT2D eigenvalue weighted by atomic mass is 10.3. The first-order valence-corrected chi connectivity index (χ1v) is 5.97. The molecule has 2 aromatic rings. The van der Waals surface area contributed by atoms with E-state index in [1.165, 1.54) is 4.88 Å². The van der Waals surface area contributed by atoms with Gasteiger partial charge < -0.3 is 10.1 Å². The molecule has 17 heavy (non-hydrogen) atoms. The molecule has 0 saturated carbocycles. The van der Waals surface area contributed by atoms with Crippen molar-refractivity contribution in [2.75, 3.05) is 11.9 Å². The molecule has 1 aromatic carbocycles. The lowest BCUT2D eigenvalue weighted by molar-refractivity contribution is 0.368. The monoisotopic (exact) mass is 245 g/mol. The standard InChI is InChI=1S/C12H11N3OS/c13-4-5-16-11-3-1-2-10(6-11)15-8-12-7-14-9-17-12/h1-3,6-7,9,15H,5,8H2. The van der Waals surface area contributed by atoms with E-state index in [9.17, 15) is 0 Å². The van der Waals surface area contributed by atoms with Crippen molar-refractivity contribution < 1.29 is 4.74 Å². The number of aromatic nitrogens is 1. The fraction of sp³-hybridized carbons (Fsp3) is 0.167. The van der Waals surface area contributed by atoms with Crippen molar-refractivity contribution in [1.29, 1.82) is 5.26 Å². The van der Waals surface area contributed by atoms with Gasteiger partial charge in [-0.25, -0.2) is 0 Å². The van der Waals surface area contributed by atoms with Gasteiger partial charge >= 0.3 is 0 Å². The molecule has 1 heterocycles. The Kier molecular flexibility index (Phi) is 3.95. The maximum Gasteiger partial charge on any atom is 0.174 e. The summed E-state index contributed by atoms with van der Waals surface area (Å²) >= 11 is 1.61. The second kappa shape index (κ2) is 5.87. The Morgan fingerprint density at radius 1 is 1.47 bits per heavy atom. The summed E-state index contributed by atoms with van der Waals surface area (Å²) in [5, 5.41) is 11.7. The van der Waals surface area contributed by atoms with Gasteiger partial charge in [0.1, 0.15) is 11.8 Å². The van der Waals surface area contributed by atoms with E-state index in [2.05, 4.69) is 10.3 Å². The van der Waals surface area contributed by atoms with Crippen LogP contribution in [0.4, 0.5) is 5.69 Å². The van der Waals surface area contributed by atoms with Crippen LogP contribution in [0, 0.1) is 11.3 Å². The third kappa shape index (κ3) is 3.47. The first kappa shape index (κ1) is 11.4. The Bertz CT molecular complexity index is 505. The van der Waals surface area contributed by atoms with Crippen LogP contribution in [-0.4, -0.2) is 11.6 Å². The fourth-order valence-corrected chi connectivity index (χ4v) is 1.86. The fourth-order valence-electron chi connectivity index (χ4n) is 1.33. The number of nitrogens with zero attached hydrogens (tertiary/aromatic N) is 2. The van der Waals surface area contributed by atoms with Gasteiger partial charge in [-0.1, -0.05) is 6.07 Å². The first-order chi connectivity index (χ1) is 8.38. The third-order valence-corrected chi connectivity index (χ3v) is 2.87. The van der Waals surface area contributed by atoms with Gasteiger partial charge in [0.05, 0.1) is 12.1 Å². The molecule has 0 amide bonds. The molecule has 0 fully saturated rings. The zero-order chi connectivity index (χ0) is 11.9. The number of rotatable bonds is 5. The maximum absolute atomic E-state index is 8.43. The Balaban J connectivity index is 1.94. The first-order valence-electron chi connectivity index (χ1n) is 5.09. The van der Waals surface area contributed by atoms with Crippen molar-refractivity contribution in [3.63, 3.8) is 0 Å². The predicted molar refractivity (Wildman–Crippen MR) is 67.0 cm³/mol. The third-order valence-electron chi connectivity index (χ3n) is 2.09. The highest BCUT2D eigenvalue weighted by Crippen LogP contribution is 2.18. The van der Waals surface area contributed by atoms with Gasteiger partial charge in [-0.15, -0.1) is 11.3 Å². The van der Waals surface area contributed by atoms with E-state index in [0.717, 1.165) is 12.2 Å². The summed E-state index contributed by atoms with van der Waals surface area (Å²) in [4.78, 5) is 5.18. The average Bonchev–Trinajstić information content (AvgIpc) is 2.87. The molecular weight excluding hydrogens is 234 g/mol. The molecule has 0 bridgehead atoms. The van der Waals surface area contributed by atoms with E-state index < -0.39 is 0 Å². The largest absolute Gasteiger partial charge is 0.479 e. The number of benzene rings is 1. The molecular formula is C12H11N3OS. The van der Waals surface area contributed by atoms with Gasteiger partial charge in [-0.05, 0) is 12.1 Å². The van der Waals surface area contributed by atoms with Crippen LogP contribution >= 0.6 is 11.3 Å². The van der Waals surface area contributed by atoms with Crippen LogP contribution in [0.1, 0.15) is 4.88 Å². The Hall–Kier alpha value is -2.06. The molecule has 0 radical (unpaired) electrons. The van der Waals surface area contributed by atoms with E-state index >= 15 is 0 Å². The van der Waals surface area contributed by atoms with Gasteiger partial charge in [0, 0.05) is 22.8 Å². The molecule has 5 heteroatoms. The van der Waals surface area contributed by atoms with Gasteiger partial charge in [-0.3, -0.25) is 4.98 Å². The second-order valence-electron chi connectivity index (χ2n) is 3.30. The van der Waals surface area contributed by atoms with Crippen LogP contribution in [0.5, 0.6) is 5.75 Å². The van der Waals surface area contributed by atoms with Crippen LogP contribution < -0.4 is 10.1 Å². The van der Waals surface area contributed by atoms with Gasteiger partial charge in [0.2, 0.25) is 0 Å². The van der Waals surface area contributed by atoms with Crippen molar-refractivity contribution in [3.05, 3.63) is 40.8 Å². The van der Waals surface area contributed by atoms with Gasteiger partial charge in [-0.2, -0.15) is 5.26 Å². The van der Waals surface area contributed by atoms with E-state index in [4.69, 9.17) is 10.00 Å². The molecule has 86 valence electrons. The lowest BCUT2D eigenvalue weighted by Crippen LogP contribution is -1.98. The zero-order valence-corrected chi connectivity index (χ0v) is 9.91. The SMILES string of the molecule is N#CCOc1cccc(NCc2cncs2)c1. The van der Waals surface area contributed by atoms with E-state index in [-0.39, 0.29) is 6.61 Å². The highest BCUT2D eigenvalue weighted by molar-refractivity contribution is 7.09. The van der Waals surface area contributed by atoms with Crippen molar-refractivity contribution in [2.24, 2.45) is 0 Å². The molecule has 0 saturated heterocycles. The molecule has 0 aliphatic heterocycles. The maximum atomic E-state index is 8.43. The minimum Gasteiger partial charge on any atom is -0.479 e. The van der Waals surface area contributed by atoms with E-state index in [1.807, 2.05) is 42.0 Å². The van der Waals surface area contributed by atoms with Crippen LogP contribution in [-0.2, 0) is 6.54 Å². The van der Waals surface area contributed by atoms with Crippen molar-refractivity contribution >= 4 is 17.0 Å². The summed E-state index contributed by atoms with van der Waals surface area (Å²) in [6, 6.07) is 9.49. The summed E-state index contributed by atoms with van der Waals surface area (Å²) in [5.74, 6) is 0.695. The average molecular weight is 245 g/mol. The van der Waals surface area contributed by atoms with Crippen molar-refractivity contribution in [2.45, 2.75) is 6.54 Å². The number of hydrogen-bond acceptors (Lipinski definition) is 5. The molecule has 0 unspecified atom stereocenters. The smallest absolute Gasteiger partial charge is 0.174 e. The number of hydrogen-bond donors (Lipinski definition) is 1. The molecule has 0 aliphatic rings. The second-order valence-corrected chi connectivity index (χ2v) is 4.27. The normalized spacial score (nSPS) is 9.59. The number of nitrogens with one attached hydrogen (secondary N) is 1. The summed E-state index contributed by atoms with van der Waals surface area (Å²) in [5.41, 5.74) is 2.78. The molecule has 2 rings (SSSR count). The molecule has 0 aliphatic carbocycles. The molecule has 1 N–H and O–H groups in total. The quantitative estimate of drug-likeness (QED) is 0.879. The number of thiazole rings is 1. The summed E-state index contributed by atoms with van der Waals surface area (Å²) in [7, 11) is 0. The van der Waals surface area contributed by atoms with Crippen molar-refractivity contribution in [1.82, 2.24) is 4.98 Å². The van der Waals surface area contributed by atoms with Crippen LogP contribution in [0.3, 0.4) is 0 Å². The highest BCUT2D eigenvalue weighted by Gasteiger charge is 1.98. The highest BCUT2D eigenvalue weighted by atomic mass is 32.1. The molecule has 1 aromatic heterocycles. The zero-order valence-electron chi connectivity index (χ0n) is 9.09. The van der Waals surface area contributed by atoms with Crippen LogP contribution in [0.15, 0.2) is 36.0 Å². The predicted octanol–water partition coefficient (Wildman–Crippen LogP) is 2.66. The van der Waals surface area contributed by atoms with Crippen LogP contribution in [0.2, 0.25) is 0 Å². The molecule has 0 atom stereocenters.